The monoisotopic (exact) mass is 273 g/mol. The van der Waals surface area contributed by atoms with E-state index in [1.165, 1.54) is 10.9 Å². The van der Waals surface area contributed by atoms with E-state index in [9.17, 15) is 4.79 Å². The first-order valence-electron chi connectivity index (χ1n) is 6.61. The third kappa shape index (κ3) is 3.60. The van der Waals surface area contributed by atoms with Gasteiger partial charge in [0.2, 0.25) is 0 Å². The molecule has 1 heterocycles. The van der Waals surface area contributed by atoms with Gasteiger partial charge in [0, 0.05) is 12.4 Å². The van der Waals surface area contributed by atoms with E-state index in [2.05, 4.69) is 10.3 Å². The number of imidazole rings is 1. The number of nitrogens with one attached hydrogen (secondary N) is 1. The van der Waals surface area contributed by atoms with Crippen molar-refractivity contribution in [2.24, 2.45) is 0 Å². The van der Waals surface area contributed by atoms with Crippen molar-refractivity contribution in [2.75, 3.05) is 0 Å². The molecule has 0 saturated carbocycles. The molecule has 1 atom stereocenters. The van der Waals surface area contributed by atoms with E-state index in [4.69, 9.17) is 4.74 Å². The molecule has 0 aliphatic carbocycles. The zero-order chi connectivity index (χ0) is 14.5. The Morgan fingerprint density at radius 2 is 2.15 bits per heavy atom. The first-order valence-corrected chi connectivity index (χ1v) is 6.61. The van der Waals surface area contributed by atoms with E-state index < -0.39 is 0 Å². The summed E-state index contributed by atoms with van der Waals surface area (Å²) in [6.45, 7) is 5.90. The molecule has 0 aliphatic heterocycles. The molecule has 0 radical (unpaired) electrons. The SMILES string of the molecule is CC(C)Oc1cccc(C(C)NC(=O)n2ccnc2)c1. The van der Waals surface area contributed by atoms with E-state index in [1.54, 1.807) is 12.4 Å². The fraction of sp³-hybridized carbons (Fsp3) is 0.333. The van der Waals surface area contributed by atoms with Crippen molar-refractivity contribution < 1.29 is 9.53 Å². The minimum Gasteiger partial charge on any atom is -0.491 e. The highest BCUT2D eigenvalue weighted by atomic mass is 16.5. The molecule has 0 aliphatic rings. The lowest BCUT2D eigenvalue weighted by Crippen LogP contribution is -2.30. The quantitative estimate of drug-likeness (QED) is 0.931. The fourth-order valence-electron chi connectivity index (χ4n) is 1.85. The Morgan fingerprint density at radius 3 is 2.80 bits per heavy atom. The van der Waals surface area contributed by atoms with Gasteiger partial charge in [0.1, 0.15) is 12.1 Å². The second-order valence-corrected chi connectivity index (χ2v) is 4.88. The largest absolute Gasteiger partial charge is 0.491 e. The predicted molar refractivity (Wildman–Crippen MR) is 76.8 cm³/mol. The minimum atomic E-state index is -0.204. The van der Waals surface area contributed by atoms with Crippen LogP contribution in [0.2, 0.25) is 0 Å². The van der Waals surface area contributed by atoms with E-state index in [-0.39, 0.29) is 18.2 Å². The number of hydrogen-bond acceptors (Lipinski definition) is 3. The van der Waals surface area contributed by atoms with Crippen molar-refractivity contribution >= 4 is 6.03 Å². The van der Waals surface area contributed by atoms with Crippen molar-refractivity contribution in [1.29, 1.82) is 0 Å². The van der Waals surface area contributed by atoms with Crippen molar-refractivity contribution in [3.63, 3.8) is 0 Å². The maximum Gasteiger partial charge on any atom is 0.327 e. The second-order valence-electron chi connectivity index (χ2n) is 4.88. The number of amides is 1. The van der Waals surface area contributed by atoms with E-state index in [0.717, 1.165) is 11.3 Å². The highest BCUT2D eigenvalue weighted by molar-refractivity contribution is 5.76. The average Bonchev–Trinajstić information content (AvgIpc) is 2.92. The van der Waals surface area contributed by atoms with Crippen LogP contribution in [-0.4, -0.2) is 21.7 Å². The van der Waals surface area contributed by atoms with Crippen LogP contribution in [0.3, 0.4) is 0 Å². The molecule has 1 aromatic heterocycles. The molecule has 5 heteroatoms. The van der Waals surface area contributed by atoms with Crippen LogP contribution in [0.1, 0.15) is 32.4 Å². The van der Waals surface area contributed by atoms with Crippen LogP contribution < -0.4 is 10.1 Å². The number of benzene rings is 1. The number of carbonyl (C=O) groups is 1. The Balaban J connectivity index is 2.05. The van der Waals surface area contributed by atoms with Crippen molar-refractivity contribution in [3.8, 4) is 5.75 Å². The van der Waals surface area contributed by atoms with Gasteiger partial charge in [-0.05, 0) is 38.5 Å². The average molecular weight is 273 g/mol. The summed E-state index contributed by atoms with van der Waals surface area (Å²) in [7, 11) is 0. The third-order valence-corrected chi connectivity index (χ3v) is 2.81. The lowest BCUT2D eigenvalue weighted by Gasteiger charge is -2.16. The Kier molecular flexibility index (Phi) is 4.40. The summed E-state index contributed by atoms with van der Waals surface area (Å²) in [6.07, 6.45) is 4.78. The summed E-state index contributed by atoms with van der Waals surface area (Å²) in [5.41, 5.74) is 0.997. The van der Waals surface area contributed by atoms with Crippen LogP contribution in [-0.2, 0) is 0 Å². The molecule has 0 fully saturated rings. The highest BCUT2D eigenvalue weighted by Gasteiger charge is 2.11. The van der Waals surface area contributed by atoms with Gasteiger partial charge in [-0.3, -0.25) is 4.57 Å². The molecular weight excluding hydrogens is 254 g/mol. The highest BCUT2D eigenvalue weighted by Crippen LogP contribution is 2.20. The standard InChI is InChI=1S/C15H19N3O2/c1-11(2)20-14-6-4-5-13(9-14)12(3)17-15(19)18-8-7-16-10-18/h4-12H,1-3H3,(H,17,19). The number of nitrogens with zero attached hydrogens (tertiary/aromatic N) is 2. The first-order chi connectivity index (χ1) is 9.56. The van der Waals surface area contributed by atoms with Gasteiger partial charge in [-0.2, -0.15) is 0 Å². The van der Waals surface area contributed by atoms with Crippen LogP contribution >= 0.6 is 0 Å². The zero-order valence-corrected chi connectivity index (χ0v) is 11.9. The Labute approximate surface area is 118 Å². The van der Waals surface area contributed by atoms with Crippen molar-refractivity contribution in [2.45, 2.75) is 32.9 Å². The number of hydrogen-bond donors (Lipinski definition) is 1. The van der Waals surface area contributed by atoms with Gasteiger partial charge >= 0.3 is 6.03 Å². The first kappa shape index (κ1) is 14.1. The summed E-state index contributed by atoms with van der Waals surface area (Å²) in [5.74, 6) is 0.807. The minimum absolute atomic E-state index is 0.111. The molecular formula is C15H19N3O2. The molecule has 20 heavy (non-hydrogen) atoms. The van der Waals surface area contributed by atoms with E-state index in [1.807, 2.05) is 45.0 Å². The summed E-state index contributed by atoms with van der Waals surface area (Å²) in [6, 6.07) is 7.43. The van der Waals surface area contributed by atoms with Gasteiger partial charge in [0.25, 0.3) is 0 Å². The lowest BCUT2D eigenvalue weighted by molar-refractivity contribution is 0.238. The van der Waals surface area contributed by atoms with Gasteiger partial charge in [-0.25, -0.2) is 9.78 Å². The van der Waals surface area contributed by atoms with Gasteiger partial charge in [-0.1, -0.05) is 12.1 Å². The zero-order valence-electron chi connectivity index (χ0n) is 11.9. The van der Waals surface area contributed by atoms with Crippen LogP contribution in [0.5, 0.6) is 5.75 Å². The Hall–Kier alpha value is -2.30. The topological polar surface area (TPSA) is 56.1 Å². The molecule has 0 saturated heterocycles. The van der Waals surface area contributed by atoms with Gasteiger partial charge in [0.05, 0.1) is 12.1 Å². The number of carbonyl (C=O) groups excluding carboxylic acids is 1. The summed E-state index contributed by atoms with van der Waals surface area (Å²) in [4.78, 5) is 15.8. The smallest absolute Gasteiger partial charge is 0.327 e. The predicted octanol–water partition coefficient (Wildman–Crippen LogP) is 2.99. The molecule has 2 rings (SSSR count). The summed E-state index contributed by atoms with van der Waals surface area (Å²) < 4.78 is 7.06. The van der Waals surface area contributed by atoms with Gasteiger partial charge in [-0.15, -0.1) is 0 Å². The van der Waals surface area contributed by atoms with Gasteiger partial charge < -0.3 is 10.1 Å². The van der Waals surface area contributed by atoms with Crippen LogP contribution in [0.25, 0.3) is 0 Å². The Bertz CT molecular complexity index is 564. The molecule has 5 nitrogen and oxygen atoms in total. The van der Waals surface area contributed by atoms with Gasteiger partial charge in [0.15, 0.2) is 0 Å². The number of ether oxygens (including phenoxy) is 1. The molecule has 1 amide bonds. The second kappa shape index (κ2) is 6.23. The summed E-state index contributed by atoms with van der Waals surface area (Å²) in [5, 5.41) is 2.91. The Morgan fingerprint density at radius 1 is 1.35 bits per heavy atom. The maximum atomic E-state index is 11.9. The molecule has 106 valence electrons. The van der Waals surface area contributed by atoms with E-state index in [0.29, 0.717) is 0 Å². The number of aromatic nitrogens is 2. The third-order valence-electron chi connectivity index (χ3n) is 2.81. The van der Waals surface area contributed by atoms with Crippen LogP contribution in [0.15, 0.2) is 43.0 Å². The molecule has 1 aromatic carbocycles. The maximum absolute atomic E-state index is 11.9. The van der Waals surface area contributed by atoms with Crippen LogP contribution in [0, 0.1) is 0 Å². The van der Waals surface area contributed by atoms with Crippen molar-refractivity contribution in [1.82, 2.24) is 14.9 Å². The normalized spacial score (nSPS) is 12.2. The number of rotatable bonds is 4. The lowest BCUT2D eigenvalue weighted by atomic mass is 10.1. The molecule has 0 spiro atoms. The van der Waals surface area contributed by atoms with Crippen molar-refractivity contribution in [3.05, 3.63) is 48.5 Å². The molecule has 0 bridgehead atoms. The van der Waals surface area contributed by atoms with Crippen LogP contribution in [0.4, 0.5) is 4.79 Å². The fourth-order valence-corrected chi connectivity index (χ4v) is 1.85. The summed E-state index contributed by atoms with van der Waals surface area (Å²) >= 11 is 0. The molecule has 1 N–H and O–H groups in total. The van der Waals surface area contributed by atoms with E-state index >= 15 is 0 Å². The molecule has 1 unspecified atom stereocenters. The molecule has 2 aromatic rings.